The maximum atomic E-state index is 13.0. The molecular formula is C12H9ClFN. The van der Waals surface area contributed by atoms with Gasteiger partial charge < -0.3 is 0 Å². The van der Waals surface area contributed by atoms with Crippen LogP contribution >= 0.6 is 11.6 Å². The first kappa shape index (κ1) is 9.10. The Hall–Kier alpha value is -1.15. The second-order valence-corrected chi connectivity index (χ2v) is 4.24. The molecule has 0 N–H and O–H groups in total. The monoisotopic (exact) mass is 221 g/mol. The van der Waals surface area contributed by atoms with Gasteiger partial charge in [0.05, 0.1) is 10.5 Å². The highest BCUT2D eigenvalue weighted by Crippen LogP contribution is 2.33. The SMILES string of the molecule is Fc1ccc2c(Cl)c3c(nc2c1)CCC3. The summed E-state index contributed by atoms with van der Waals surface area (Å²) < 4.78 is 13.0. The van der Waals surface area contributed by atoms with Crippen molar-refractivity contribution in [3.8, 4) is 0 Å². The van der Waals surface area contributed by atoms with Crippen LogP contribution in [0.3, 0.4) is 0 Å². The molecule has 1 aliphatic rings. The summed E-state index contributed by atoms with van der Waals surface area (Å²) in [6.45, 7) is 0. The van der Waals surface area contributed by atoms with Crippen LogP contribution in [0.4, 0.5) is 4.39 Å². The van der Waals surface area contributed by atoms with Gasteiger partial charge in [-0.25, -0.2) is 4.39 Å². The summed E-state index contributed by atoms with van der Waals surface area (Å²) in [5.41, 5.74) is 2.86. The van der Waals surface area contributed by atoms with E-state index in [1.54, 1.807) is 6.07 Å². The van der Waals surface area contributed by atoms with Crippen molar-refractivity contribution >= 4 is 22.5 Å². The molecule has 0 radical (unpaired) electrons. The minimum Gasteiger partial charge on any atom is -0.252 e. The van der Waals surface area contributed by atoms with Crippen molar-refractivity contribution in [2.24, 2.45) is 0 Å². The molecule has 1 nitrogen and oxygen atoms in total. The Morgan fingerprint density at radius 2 is 2.13 bits per heavy atom. The summed E-state index contributed by atoms with van der Waals surface area (Å²) in [4.78, 5) is 4.45. The molecule has 3 heteroatoms. The molecule has 15 heavy (non-hydrogen) atoms. The number of hydrogen-bond acceptors (Lipinski definition) is 1. The normalized spacial score (nSPS) is 14.5. The molecule has 0 aliphatic heterocycles. The van der Waals surface area contributed by atoms with E-state index in [1.807, 2.05) is 0 Å². The summed E-state index contributed by atoms with van der Waals surface area (Å²) >= 11 is 6.28. The maximum Gasteiger partial charge on any atom is 0.125 e. The molecule has 1 aromatic heterocycles. The van der Waals surface area contributed by atoms with Gasteiger partial charge in [0.1, 0.15) is 5.82 Å². The lowest BCUT2D eigenvalue weighted by Gasteiger charge is -2.06. The van der Waals surface area contributed by atoms with Crippen LogP contribution in [0.15, 0.2) is 18.2 Å². The minimum absolute atomic E-state index is 0.260. The molecule has 3 rings (SSSR count). The Kier molecular flexibility index (Phi) is 1.93. The standard InChI is InChI=1S/C12H9ClFN/c13-12-8-2-1-3-10(8)15-11-6-7(14)4-5-9(11)12/h4-6H,1-3H2. The molecule has 0 atom stereocenters. The van der Waals surface area contributed by atoms with E-state index in [-0.39, 0.29) is 5.82 Å². The van der Waals surface area contributed by atoms with Crippen LogP contribution in [0, 0.1) is 5.82 Å². The van der Waals surface area contributed by atoms with Gasteiger partial charge in [-0.15, -0.1) is 0 Å². The quantitative estimate of drug-likeness (QED) is 0.663. The van der Waals surface area contributed by atoms with E-state index < -0.39 is 0 Å². The third-order valence-electron chi connectivity index (χ3n) is 2.91. The van der Waals surface area contributed by atoms with Gasteiger partial charge in [0, 0.05) is 17.1 Å². The van der Waals surface area contributed by atoms with Crippen LogP contribution in [-0.2, 0) is 12.8 Å². The van der Waals surface area contributed by atoms with Crippen molar-refractivity contribution in [2.45, 2.75) is 19.3 Å². The van der Waals surface area contributed by atoms with Gasteiger partial charge >= 0.3 is 0 Å². The van der Waals surface area contributed by atoms with E-state index in [0.29, 0.717) is 5.52 Å². The van der Waals surface area contributed by atoms with Crippen molar-refractivity contribution in [1.29, 1.82) is 0 Å². The van der Waals surface area contributed by atoms with E-state index in [1.165, 1.54) is 12.1 Å². The number of rotatable bonds is 0. The highest BCUT2D eigenvalue weighted by atomic mass is 35.5. The number of aryl methyl sites for hydroxylation is 1. The molecule has 2 aromatic rings. The lowest BCUT2D eigenvalue weighted by molar-refractivity contribution is 0.629. The average Bonchev–Trinajstić information content (AvgIpc) is 2.65. The van der Waals surface area contributed by atoms with Crippen molar-refractivity contribution in [3.05, 3.63) is 40.3 Å². The molecule has 1 aliphatic carbocycles. The highest BCUT2D eigenvalue weighted by Gasteiger charge is 2.18. The Labute approximate surface area is 91.9 Å². The van der Waals surface area contributed by atoms with Crippen molar-refractivity contribution in [1.82, 2.24) is 4.98 Å². The predicted molar refractivity (Wildman–Crippen MR) is 58.7 cm³/mol. The van der Waals surface area contributed by atoms with Crippen LogP contribution < -0.4 is 0 Å². The lowest BCUT2D eigenvalue weighted by atomic mass is 10.1. The van der Waals surface area contributed by atoms with E-state index in [4.69, 9.17) is 11.6 Å². The fraction of sp³-hybridized carbons (Fsp3) is 0.250. The van der Waals surface area contributed by atoms with Gasteiger partial charge in [-0.3, -0.25) is 4.98 Å². The third-order valence-corrected chi connectivity index (χ3v) is 3.34. The van der Waals surface area contributed by atoms with Gasteiger partial charge in [0.15, 0.2) is 0 Å². The largest absolute Gasteiger partial charge is 0.252 e. The first-order valence-corrected chi connectivity index (χ1v) is 5.40. The van der Waals surface area contributed by atoms with E-state index in [0.717, 1.165) is 40.9 Å². The average molecular weight is 222 g/mol. The minimum atomic E-state index is -0.260. The van der Waals surface area contributed by atoms with E-state index in [2.05, 4.69) is 4.98 Å². The molecule has 0 saturated heterocycles. The zero-order valence-corrected chi connectivity index (χ0v) is 8.81. The van der Waals surface area contributed by atoms with Crippen molar-refractivity contribution in [2.75, 3.05) is 0 Å². The molecule has 0 saturated carbocycles. The van der Waals surface area contributed by atoms with Crippen LogP contribution in [0.1, 0.15) is 17.7 Å². The van der Waals surface area contributed by atoms with Crippen LogP contribution in [0.2, 0.25) is 5.02 Å². The van der Waals surface area contributed by atoms with Gasteiger partial charge in [0.2, 0.25) is 0 Å². The molecule has 0 spiro atoms. The second kappa shape index (κ2) is 3.17. The molecule has 1 heterocycles. The second-order valence-electron chi connectivity index (χ2n) is 3.87. The zero-order valence-electron chi connectivity index (χ0n) is 8.06. The topological polar surface area (TPSA) is 12.9 Å². The number of hydrogen-bond donors (Lipinski definition) is 0. The van der Waals surface area contributed by atoms with E-state index >= 15 is 0 Å². The lowest BCUT2D eigenvalue weighted by Crippen LogP contribution is -1.92. The maximum absolute atomic E-state index is 13.0. The fourth-order valence-corrected chi connectivity index (χ4v) is 2.54. The Morgan fingerprint density at radius 3 is 3.00 bits per heavy atom. The third kappa shape index (κ3) is 1.32. The van der Waals surface area contributed by atoms with Gasteiger partial charge in [0.25, 0.3) is 0 Å². The van der Waals surface area contributed by atoms with Crippen molar-refractivity contribution < 1.29 is 4.39 Å². The molecular weight excluding hydrogens is 213 g/mol. The van der Waals surface area contributed by atoms with Gasteiger partial charge in [-0.05, 0) is 37.0 Å². The number of nitrogens with zero attached hydrogens (tertiary/aromatic N) is 1. The Morgan fingerprint density at radius 1 is 1.27 bits per heavy atom. The predicted octanol–water partition coefficient (Wildman–Crippen LogP) is 3.52. The van der Waals surface area contributed by atoms with Crippen LogP contribution in [0.5, 0.6) is 0 Å². The summed E-state index contributed by atoms with van der Waals surface area (Å²) in [5.74, 6) is -0.260. The van der Waals surface area contributed by atoms with Gasteiger partial charge in [-0.2, -0.15) is 0 Å². The van der Waals surface area contributed by atoms with Crippen LogP contribution in [0.25, 0.3) is 10.9 Å². The first-order chi connectivity index (χ1) is 7.25. The number of fused-ring (bicyclic) bond motifs is 2. The number of aromatic nitrogens is 1. The highest BCUT2D eigenvalue weighted by molar-refractivity contribution is 6.36. The summed E-state index contributed by atoms with van der Waals surface area (Å²) in [6, 6.07) is 4.58. The molecule has 0 amide bonds. The smallest absolute Gasteiger partial charge is 0.125 e. The first-order valence-electron chi connectivity index (χ1n) is 5.02. The fourth-order valence-electron chi connectivity index (χ4n) is 2.18. The summed E-state index contributed by atoms with van der Waals surface area (Å²) in [6.07, 6.45) is 3.05. The van der Waals surface area contributed by atoms with Crippen molar-refractivity contribution in [3.63, 3.8) is 0 Å². The molecule has 1 aromatic carbocycles. The van der Waals surface area contributed by atoms with Crippen LogP contribution in [-0.4, -0.2) is 4.98 Å². The molecule has 76 valence electrons. The number of benzene rings is 1. The Balaban J connectivity index is 2.41. The van der Waals surface area contributed by atoms with E-state index in [9.17, 15) is 4.39 Å². The zero-order chi connectivity index (χ0) is 10.4. The summed E-state index contributed by atoms with van der Waals surface area (Å²) in [7, 11) is 0. The molecule has 0 unspecified atom stereocenters. The summed E-state index contributed by atoms with van der Waals surface area (Å²) in [5, 5.41) is 1.62. The van der Waals surface area contributed by atoms with Gasteiger partial charge in [-0.1, -0.05) is 11.6 Å². The molecule has 0 fully saturated rings. The molecule has 0 bridgehead atoms. The number of halogens is 2. The Bertz CT molecular complexity index is 551. The number of pyridine rings is 1.